The van der Waals surface area contributed by atoms with E-state index in [9.17, 15) is 14.0 Å². The number of anilines is 1. The lowest BCUT2D eigenvalue weighted by molar-refractivity contribution is -0.126. The van der Waals surface area contributed by atoms with Gasteiger partial charge in [-0.1, -0.05) is 35.5 Å². The van der Waals surface area contributed by atoms with Crippen LogP contribution in [0.3, 0.4) is 0 Å². The van der Waals surface area contributed by atoms with Crippen molar-refractivity contribution < 1.29 is 18.6 Å². The number of fused-ring (bicyclic) bond motifs is 1. The number of carbonyl (C=O) groups excluding carboxylic acids is 2. The predicted molar refractivity (Wildman–Crippen MR) is 124 cm³/mol. The second kappa shape index (κ2) is 8.69. The number of hydrogen-bond donors (Lipinski definition) is 1. The first kappa shape index (κ1) is 21.6. The molecule has 36 heavy (non-hydrogen) atoms. The summed E-state index contributed by atoms with van der Waals surface area (Å²) in [6.07, 6.45) is 5.30. The van der Waals surface area contributed by atoms with Crippen molar-refractivity contribution in [2.24, 2.45) is 0 Å². The summed E-state index contributed by atoms with van der Waals surface area (Å²) in [6, 6.07) is 9.52. The molecule has 1 fully saturated rings. The molecule has 0 unspecified atom stereocenters. The number of halogens is 1. The van der Waals surface area contributed by atoms with E-state index in [1.165, 1.54) is 22.0 Å². The zero-order chi connectivity index (χ0) is 24.6. The topological polar surface area (TPSA) is 139 Å². The Labute approximate surface area is 202 Å². The van der Waals surface area contributed by atoms with Gasteiger partial charge in [-0.2, -0.15) is 0 Å². The van der Waals surface area contributed by atoms with E-state index in [4.69, 9.17) is 4.63 Å². The average Bonchev–Trinajstić information content (AvgIpc) is 3.70. The minimum Gasteiger partial charge on any atom is -0.357 e. The Morgan fingerprint density at radius 3 is 2.58 bits per heavy atom. The normalized spacial score (nSPS) is 13.9. The number of ketones is 1. The third-order valence-electron chi connectivity index (χ3n) is 6.11. The summed E-state index contributed by atoms with van der Waals surface area (Å²) in [5.74, 6) is -1.40. The van der Waals surface area contributed by atoms with Crippen molar-refractivity contribution in [3.05, 3.63) is 66.5 Å². The molecule has 1 saturated heterocycles. The van der Waals surface area contributed by atoms with Crippen molar-refractivity contribution >= 4 is 28.4 Å². The molecule has 6 rings (SSSR count). The highest BCUT2D eigenvalue weighted by atomic mass is 19.1. The number of Topliss-reactive ketones (excluding diaryl/α,β-unsaturated/α-hetero) is 1. The number of amides is 1. The maximum Gasteiger partial charge on any atom is 0.295 e. The number of nitrogens with zero attached hydrogens (tertiary/aromatic N) is 8. The molecule has 0 atom stereocenters. The number of H-pyrrole nitrogens is 1. The van der Waals surface area contributed by atoms with Gasteiger partial charge in [-0.05, 0) is 10.3 Å². The second-order valence-corrected chi connectivity index (χ2v) is 8.14. The molecule has 0 saturated carbocycles. The minimum absolute atomic E-state index is 0.0198. The third kappa shape index (κ3) is 3.57. The molecule has 0 bridgehead atoms. The first-order valence-electron chi connectivity index (χ1n) is 11.1. The smallest absolute Gasteiger partial charge is 0.295 e. The molecule has 180 valence electrons. The fraction of sp³-hybridized carbons (Fsp3) is 0.174. The first-order chi connectivity index (χ1) is 17.6. The highest BCUT2D eigenvalue weighted by molar-refractivity contribution is 6.45. The number of rotatable bonds is 5. The number of carbonyl (C=O) groups is 2. The van der Waals surface area contributed by atoms with Crippen molar-refractivity contribution in [1.29, 1.82) is 0 Å². The molecule has 13 heteroatoms. The molecule has 1 aliphatic heterocycles. The summed E-state index contributed by atoms with van der Waals surface area (Å²) in [5.41, 5.74) is 1.65. The van der Waals surface area contributed by atoms with Crippen molar-refractivity contribution in [3.8, 4) is 17.1 Å². The molecular formula is C23H18FN9O3. The van der Waals surface area contributed by atoms with Crippen LogP contribution in [0.4, 0.5) is 10.2 Å². The van der Waals surface area contributed by atoms with Gasteiger partial charge in [0.15, 0.2) is 17.3 Å². The van der Waals surface area contributed by atoms with E-state index in [0.717, 1.165) is 11.8 Å². The predicted octanol–water partition coefficient (Wildman–Crippen LogP) is 1.86. The molecular weight excluding hydrogens is 469 g/mol. The van der Waals surface area contributed by atoms with Crippen molar-refractivity contribution in [2.75, 3.05) is 31.1 Å². The lowest BCUT2D eigenvalue weighted by atomic mass is 10.1. The fourth-order valence-electron chi connectivity index (χ4n) is 4.32. The molecule has 4 aromatic heterocycles. The maximum atomic E-state index is 14.7. The van der Waals surface area contributed by atoms with E-state index in [2.05, 4.69) is 30.6 Å². The Hall–Kier alpha value is -4.94. The molecule has 1 aromatic carbocycles. The minimum atomic E-state index is -0.808. The van der Waals surface area contributed by atoms with Crippen LogP contribution in [0, 0.1) is 5.82 Å². The number of piperazine rings is 1. The van der Waals surface area contributed by atoms with Gasteiger partial charge in [0.1, 0.15) is 0 Å². The Kier molecular flexibility index (Phi) is 5.21. The monoisotopic (exact) mass is 487 g/mol. The Morgan fingerprint density at radius 1 is 1.03 bits per heavy atom. The van der Waals surface area contributed by atoms with Crippen LogP contribution in [0.25, 0.3) is 28.0 Å². The zero-order valence-electron chi connectivity index (χ0n) is 18.7. The summed E-state index contributed by atoms with van der Waals surface area (Å²) in [4.78, 5) is 36.5. The van der Waals surface area contributed by atoms with Gasteiger partial charge in [0.25, 0.3) is 11.7 Å². The van der Waals surface area contributed by atoms with Crippen molar-refractivity contribution in [3.63, 3.8) is 0 Å². The van der Waals surface area contributed by atoms with Crippen LogP contribution in [0.15, 0.2) is 59.7 Å². The number of aromatic amines is 1. The quantitative estimate of drug-likeness (QED) is 0.291. The standard InChI is InChI=1S/C23H18FN9O3/c24-16-13-26-21(33-7-6-27-30-33)19-17(16)15(12-25-19)20(34)23(35)32-10-8-31(9-11-32)22-18(28-36-29-22)14-4-2-1-3-5-14/h1-7,12-13,25H,8-11H2. The van der Waals surface area contributed by atoms with Gasteiger partial charge >= 0.3 is 0 Å². The van der Waals surface area contributed by atoms with E-state index >= 15 is 0 Å². The van der Waals surface area contributed by atoms with Gasteiger partial charge in [0, 0.05) is 37.9 Å². The molecule has 0 aliphatic carbocycles. The van der Waals surface area contributed by atoms with Crippen molar-refractivity contribution in [1.82, 2.24) is 40.2 Å². The summed E-state index contributed by atoms with van der Waals surface area (Å²) in [5, 5.41) is 15.6. The van der Waals surface area contributed by atoms with E-state index in [0.29, 0.717) is 24.6 Å². The van der Waals surface area contributed by atoms with E-state index in [-0.39, 0.29) is 35.4 Å². The highest BCUT2D eigenvalue weighted by Gasteiger charge is 2.31. The van der Waals surface area contributed by atoms with Crippen LogP contribution in [-0.2, 0) is 4.79 Å². The first-order valence-corrected chi connectivity index (χ1v) is 11.1. The molecule has 12 nitrogen and oxygen atoms in total. The summed E-state index contributed by atoms with van der Waals surface area (Å²) >= 11 is 0. The van der Waals surface area contributed by atoms with Gasteiger partial charge in [0.05, 0.1) is 35.1 Å². The number of hydrogen-bond acceptors (Lipinski definition) is 9. The second-order valence-electron chi connectivity index (χ2n) is 8.14. The molecule has 0 spiro atoms. The third-order valence-corrected chi connectivity index (χ3v) is 6.11. The molecule has 0 radical (unpaired) electrons. The number of aromatic nitrogens is 7. The fourth-order valence-corrected chi connectivity index (χ4v) is 4.32. The van der Waals surface area contributed by atoms with Gasteiger partial charge in [0.2, 0.25) is 5.82 Å². The van der Waals surface area contributed by atoms with Gasteiger partial charge in [-0.25, -0.2) is 18.7 Å². The Bertz CT molecular complexity index is 1550. The summed E-state index contributed by atoms with van der Waals surface area (Å²) in [7, 11) is 0. The van der Waals surface area contributed by atoms with Crippen molar-refractivity contribution in [2.45, 2.75) is 0 Å². The Balaban J connectivity index is 1.21. The average molecular weight is 487 g/mol. The molecule has 1 amide bonds. The van der Waals surface area contributed by atoms with Crippen LogP contribution in [0.1, 0.15) is 10.4 Å². The zero-order valence-corrected chi connectivity index (χ0v) is 18.7. The van der Waals surface area contributed by atoms with Crippen LogP contribution in [0.5, 0.6) is 0 Å². The Morgan fingerprint density at radius 2 is 1.83 bits per heavy atom. The highest BCUT2D eigenvalue weighted by Crippen LogP contribution is 2.29. The molecule has 1 aliphatic rings. The van der Waals surface area contributed by atoms with Crippen LogP contribution >= 0.6 is 0 Å². The van der Waals surface area contributed by atoms with E-state index in [1.54, 1.807) is 6.20 Å². The van der Waals surface area contributed by atoms with Gasteiger partial charge in [-0.15, -0.1) is 5.10 Å². The number of pyridine rings is 1. The largest absolute Gasteiger partial charge is 0.357 e. The summed E-state index contributed by atoms with van der Waals surface area (Å²) < 4.78 is 21.0. The molecule has 5 aromatic rings. The lowest BCUT2D eigenvalue weighted by Crippen LogP contribution is -2.50. The lowest BCUT2D eigenvalue weighted by Gasteiger charge is -2.34. The number of benzene rings is 1. The van der Waals surface area contributed by atoms with E-state index < -0.39 is 17.5 Å². The van der Waals surface area contributed by atoms with Gasteiger partial charge < -0.3 is 14.8 Å². The summed E-state index contributed by atoms with van der Waals surface area (Å²) in [6.45, 7) is 1.41. The molecule has 1 N–H and O–H groups in total. The van der Waals surface area contributed by atoms with E-state index in [1.807, 2.05) is 35.2 Å². The van der Waals surface area contributed by atoms with Crippen LogP contribution < -0.4 is 4.90 Å². The maximum absolute atomic E-state index is 14.7. The van der Waals surface area contributed by atoms with Crippen LogP contribution in [-0.4, -0.2) is 78.0 Å². The SMILES string of the molecule is O=C(C(=O)N1CCN(c2nonc2-c2ccccc2)CC1)c1c[nH]c2c(-n3ccnn3)ncc(F)c12. The van der Waals surface area contributed by atoms with Crippen LogP contribution in [0.2, 0.25) is 0 Å². The number of nitrogens with one attached hydrogen (secondary N) is 1. The molecule has 5 heterocycles. The van der Waals surface area contributed by atoms with Gasteiger partial charge in [-0.3, -0.25) is 9.59 Å².